The van der Waals surface area contributed by atoms with Crippen LogP contribution in [-0.2, 0) is 14.4 Å². The molecule has 1 aliphatic heterocycles. The first-order valence-electron chi connectivity index (χ1n) is 8.23. The summed E-state index contributed by atoms with van der Waals surface area (Å²) in [6, 6.07) is 14.4. The van der Waals surface area contributed by atoms with Crippen molar-refractivity contribution in [3.05, 3.63) is 48.0 Å². The predicted molar refractivity (Wildman–Crippen MR) is 94.7 cm³/mol. The van der Waals surface area contributed by atoms with Crippen molar-refractivity contribution in [3.8, 4) is 0 Å². The Balaban J connectivity index is 1.89. The molecule has 0 aliphatic carbocycles. The zero-order valence-corrected chi connectivity index (χ0v) is 14.2. The average Bonchev–Trinajstić information content (AvgIpc) is 3.04. The SMILES string of the molecule is CCCCOC(=O)OC1(c2cccc3ccccc23)CCCS1. The van der Waals surface area contributed by atoms with Crippen LogP contribution in [0.4, 0.5) is 4.79 Å². The lowest BCUT2D eigenvalue weighted by Crippen LogP contribution is -2.27. The Hall–Kier alpha value is -1.68. The fourth-order valence-electron chi connectivity index (χ4n) is 2.98. The first-order chi connectivity index (χ1) is 11.2. The molecule has 1 atom stereocenters. The van der Waals surface area contributed by atoms with Crippen LogP contribution in [0.5, 0.6) is 0 Å². The summed E-state index contributed by atoms with van der Waals surface area (Å²) < 4.78 is 11.1. The van der Waals surface area contributed by atoms with E-state index in [0.29, 0.717) is 6.61 Å². The number of carbonyl (C=O) groups is 1. The molecule has 0 radical (unpaired) electrons. The second kappa shape index (κ2) is 7.26. The molecule has 0 amide bonds. The van der Waals surface area contributed by atoms with E-state index in [2.05, 4.69) is 31.2 Å². The Labute approximate surface area is 141 Å². The van der Waals surface area contributed by atoms with Crippen LogP contribution >= 0.6 is 11.8 Å². The average molecular weight is 330 g/mol. The van der Waals surface area contributed by atoms with Crippen LogP contribution in [-0.4, -0.2) is 18.5 Å². The zero-order chi connectivity index (χ0) is 16.1. The van der Waals surface area contributed by atoms with Crippen molar-refractivity contribution in [2.24, 2.45) is 0 Å². The molecule has 0 aromatic heterocycles. The van der Waals surface area contributed by atoms with E-state index in [1.165, 1.54) is 5.39 Å². The van der Waals surface area contributed by atoms with Crippen LogP contribution in [0.2, 0.25) is 0 Å². The molecule has 0 saturated carbocycles. The summed E-state index contributed by atoms with van der Waals surface area (Å²) in [5.74, 6) is 0.992. The van der Waals surface area contributed by atoms with E-state index < -0.39 is 11.1 Å². The highest BCUT2D eigenvalue weighted by atomic mass is 32.2. The molecule has 3 rings (SSSR count). The molecule has 2 aromatic rings. The smallest absolute Gasteiger partial charge is 0.434 e. The van der Waals surface area contributed by atoms with Crippen molar-refractivity contribution >= 4 is 28.7 Å². The number of ether oxygens (including phenoxy) is 2. The molecule has 122 valence electrons. The van der Waals surface area contributed by atoms with Crippen LogP contribution in [0, 0.1) is 0 Å². The lowest BCUT2D eigenvalue weighted by atomic mass is 9.97. The van der Waals surface area contributed by atoms with Crippen LogP contribution < -0.4 is 0 Å². The fourth-order valence-corrected chi connectivity index (χ4v) is 4.35. The van der Waals surface area contributed by atoms with E-state index in [0.717, 1.165) is 42.4 Å². The summed E-state index contributed by atoms with van der Waals surface area (Å²) in [4.78, 5) is 11.5. The number of benzene rings is 2. The van der Waals surface area contributed by atoms with Crippen LogP contribution in [0.15, 0.2) is 42.5 Å². The number of thioether (sulfide) groups is 1. The lowest BCUT2D eigenvalue weighted by molar-refractivity contribution is 0.00667. The first kappa shape index (κ1) is 16.2. The Kier molecular flexibility index (Phi) is 5.11. The van der Waals surface area contributed by atoms with Gasteiger partial charge in [0, 0.05) is 12.0 Å². The third-order valence-corrected chi connectivity index (χ3v) is 5.62. The number of unbranched alkanes of at least 4 members (excludes halogenated alkanes) is 1. The number of hydrogen-bond acceptors (Lipinski definition) is 4. The minimum Gasteiger partial charge on any atom is -0.434 e. The van der Waals surface area contributed by atoms with Gasteiger partial charge in [0.05, 0.1) is 6.61 Å². The molecule has 0 N–H and O–H groups in total. The van der Waals surface area contributed by atoms with Gasteiger partial charge in [-0.05, 0) is 29.4 Å². The molecule has 1 fully saturated rings. The van der Waals surface area contributed by atoms with Gasteiger partial charge in [0.1, 0.15) is 0 Å². The van der Waals surface area contributed by atoms with Crippen molar-refractivity contribution in [3.63, 3.8) is 0 Å². The fraction of sp³-hybridized carbons (Fsp3) is 0.421. The van der Waals surface area contributed by atoms with Crippen molar-refractivity contribution in [1.29, 1.82) is 0 Å². The second-order valence-electron chi connectivity index (χ2n) is 5.79. The van der Waals surface area contributed by atoms with Gasteiger partial charge in [0.15, 0.2) is 4.93 Å². The lowest BCUT2D eigenvalue weighted by Gasteiger charge is -2.29. The number of carbonyl (C=O) groups excluding carboxylic acids is 1. The third kappa shape index (κ3) is 3.47. The van der Waals surface area contributed by atoms with Gasteiger partial charge in [-0.15, -0.1) is 11.8 Å². The molecule has 0 spiro atoms. The van der Waals surface area contributed by atoms with Crippen molar-refractivity contribution in [1.82, 2.24) is 0 Å². The van der Waals surface area contributed by atoms with Crippen LogP contribution in [0.1, 0.15) is 38.2 Å². The molecule has 1 heterocycles. The molecular formula is C19H22O3S. The zero-order valence-electron chi connectivity index (χ0n) is 13.4. The van der Waals surface area contributed by atoms with E-state index in [-0.39, 0.29) is 0 Å². The highest BCUT2D eigenvalue weighted by molar-refractivity contribution is 8.00. The normalized spacial score (nSPS) is 20.6. The Morgan fingerprint density at radius 3 is 2.83 bits per heavy atom. The van der Waals surface area contributed by atoms with Crippen LogP contribution in [0.25, 0.3) is 10.8 Å². The molecule has 3 nitrogen and oxygen atoms in total. The molecular weight excluding hydrogens is 308 g/mol. The molecule has 4 heteroatoms. The summed E-state index contributed by atoms with van der Waals surface area (Å²) in [7, 11) is 0. The summed E-state index contributed by atoms with van der Waals surface area (Å²) in [6.45, 7) is 2.49. The topological polar surface area (TPSA) is 35.5 Å². The van der Waals surface area contributed by atoms with E-state index >= 15 is 0 Å². The molecule has 0 bridgehead atoms. The van der Waals surface area contributed by atoms with Crippen molar-refractivity contribution < 1.29 is 14.3 Å². The Morgan fingerprint density at radius 2 is 2.04 bits per heavy atom. The molecule has 1 aliphatic rings. The summed E-state index contributed by atoms with van der Waals surface area (Å²) in [5.41, 5.74) is 1.07. The van der Waals surface area contributed by atoms with Gasteiger partial charge in [-0.25, -0.2) is 4.79 Å². The molecule has 1 saturated heterocycles. The van der Waals surface area contributed by atoms with Gasteiger partial charge in [-0.3, -0.25) is 0 Å². The Morgan fingerprint density at radius 1 is 1.22 bits per heavy atom. The van der Waals surface area contributed by atoms with Gasteiger partial charge in [0.2, 0.25) is 0 Å². The maximum atomic E-state index is 12.1. The third-order valence-electron chi connectivity index (χ3n) is 4.15. The standard InChI is InChI=1S/C19H22O3S/c1-2-3-13-21-18(20)22-19(12-7-14-23-19)17-11-6-9-15-8-4-5-10-16(15)17/h4-6,8-11H,2-3,7,12-14H2,1H3. The largest absolute Gasteiger partial charge is 0.509 e. The molecule has 23 heavy (non-hydrogen) atoms. The Bertz CT molecular complexity index is 672. The van der Waals surface area contributed by atoms with E-state index in [9.17, 15) is 4.79 Å². The van der Waals surface area contributed by atoms with Gasteiger partial charge in [-0.2, -0.15) is 0 Å². The highest BCUT2D eigenvalue weighted by Crippen LogP contribution is 2.49. The minimum atomic E-state index is -0.621. The summed E-state index contributed by atoms with van der Waals surface area (Å²) in [5, 5.41) is 2.31. The van der Waals surface area contributed by atoms with E-state index in [1.807, 2.05) is 18.2 Å². The van der Waals surface area contributed by atoms with E-state index in [1.54, 1.807) is 11.8 Å². The number of rotatable bonds is 5. The first-order valence-corrected chi connectivity index (χ1v) is 9.22. The van der Waals surface area contributed by atoms with Gasteiger partial charge in [-0.1, -0.05) is 55.8 Å². The second-order valence-corrected chi connectivity index (χ2v) is 7.14. The molecule has 2 aromatic carbocycles. The van der Waals surface area contributed by atoms with E-state index in [4.69, 9.17) is 9.47 Å². The van der Waals surface area contributed by atoms with Crippen molar-refractivity contribution in [2.45, 2.75) is 37.5 Å². The monoisotopic (exact) mass is 330 g/mol. The maximum absolute atomic E-state index is 12.1. The predicted octanol–water partition coefficient (Wildman–Crippen LogP) is 5.47. The maximum Gasteiger partial charge on any atom is 0.509 e. The van der Waals surface area contributed by atoms with Gasteiger partial charge >= 0.3 is 6.16 Å². The highest BCUT2D eigenvalue weighted by Gasteiger charge is 2.42. The summed E-state index contributed by atoms with van der Waals surface area (Å²) >= 11 is 1.70. The minimum absolute atomic E-state index is 0.422. The number of hydrogen-bond donors (Lipinski definition) is 0. The number of fused-ring (bicyclic) bond motifs is 1. The van der Waals surface area contributed by atoms with Crippen LogP contribution in [0.3, 0.4) is 0 Å². The van der Waals surface area contributed by atoms with Crippen molar-refractivity contribution in [2.75, 3.05) is 12.4 Å². The summed E-state index contributed by atoms with van der Waals surface area (Å²) in [6.07, 6.45) is 3.17. The van der Waals surface area contributed by atoms with Gasteiger partial charge < -0.3 is 9.47 Å². The quantitative estimate of drug-likeness (QED) is 0.538. The molecule has 1 unspecified atom stereocenters. The van der Waals surface area contributed by atoms with Gasteiger partial charge in [0.25, 0.3) is 0 Å².